The lowest BCUT2D eigenvalue weighted by Crippen LogP contribution is -2.46. The number of benzene rings is 1. The van der Waals surface area contributed by atoms with Crippen LogP contribution in [-0.4, -0.2) is 73.7 Å². The third-order valence-corrected chi connectivity index (χ3v) is 5.38. The van der Waals surface area contributed by atoms with Crippen molar-refractivity contribution in [1.29, 1.82) is 0 Å². The van der Waals surface area contributed by atoms with E-state index in [1.165, 1.54) is 12.1 Å². The number of anilines is 2. The fourth-order valence-electron chi connectivity index (χ4n) is 3.79. The van der Waals surface area contributed by atoms with Gasteiger partial charge in [0, 0.05) is 57.6 Å². The normalized spacial score (nSPS) is 18.3. The predicted octanol–water partition coefficient (Wildman–Crippen LogP) is 2.84. The summed E-state index contributed by atoms with van der Waals surface area (Å²) in [7, 11) is 0. The van der Waals surface area contributed by atoms with Gasteiger partial charge in [-0.15, -0.1) is 13.2 Å². The van der Waals surface area contributed by atoms with E-state index in [9.17, 15) is 13.2 Å². The highest BCUT2D eigenvalue weighted by Crippen LogP contribution is 2.24. The summed E-state index contributed by atoms with van der Waals surface area (Å²) < 4.78 is 46.2. The van der Waals surface area contributed by atoms with Gasteiger partial charge in [0.15, 0.2) is 0 Å². The molecule has 0 bridgehead atoms. The van der Waals surface area contributed by atoms with E-state index >= 15 is 0 Å². The summed E-state index contributed by atoms with van der Waals surface area (Å²) in [6.07, 6.45) is -4.67. The van der Waals surface area contributed by atoms with E-state index in [2.05, 4.69) is 24.4 Å². The molecule has 3 heterocycles. The van der Waals surface area contributed by atoms with Gasteiger partial charge < -0.3 is 19.3 Å². The number of aryl methyl sites for hydroxylation is 1. The summed E-state index contributed by atoms with van der Waals surface area (Å²) in [5.41, 5.74) is 1.89. The van der Waals surface area contributed by atoms with Gasteiger partial charge in [0.2, 0.25) is 5.95 Å². The lowest BCUT2D eigenvalue weighted by Gasteiger charge is -2.36. The van der Waals surface area contributed by atoms with Crippen LogP contribution in [0.15, 0.2) is 30.3 Å². The van der Waals surface area contributed by atoms with Crippen LogP contribution >= 0.6 is 0 Å². The van der Waals surface area contributed by atoms with Gasteiger partial charge in [-0.2, -0.15) is 4.98 Å². The number of aromatic nitrogens is 2. The second kappa shape index (κ2) is 9.27. The first-order valence-corrected chi connectivity index (χ1v) is 10.4. The molecule has 2 aromatic rings. The maximum atomic E-state index is 12.3. The first-order chi connectivity index (χ1) is 14.9. The molecule has 2 fully saturated rings. The zero-order valence-corrected chi connectivity index (χ0v) is 17.4. The molecule has 4 rings (SSSR count). The fraction of sp³-hybridized carbons (Fsp3) is 0.524. The molecule has 0 saturated carbocycles. The smallest absolute Gasteiger partial charge is 0.406 e. The Morgan fingerprint density at radius 2 is 1.61 bits per heavy atom. The van der Waals surface area contributed by atoms with Gasteiger partial charge in [0.05, 0.1) is 13.2 Å². The van der Waals surface area contributed by atoms with Crippen molar-refractivity contribution in [2.45, 2.75) is 19.8 Å². The number of alkyl halides is 3. The molecule has 0 radical (unpaired) electrons. The molecule has 0 spiro atoms. The van der Waals surface area contributed by atoms with E-state index in [1.54, 1.807) is 12.1 Å². The first kappa shape index (κ1) is 21.6. The summed E-state index contributed by atoms with van der Waals surface area (Å²) in [4.78, 5) is 16.1. The minimum Gasteiger partial charge on any atom is -0.406 e. The van der Waals surface area contributed by atoms with E-state index in [0.29, 0.717) is 19.8 Å². The van der Waals surface area contributed by atoms with Crippen molar-refractivity contribution in [3.8, 4) is 5.75 Å². The Labute approximate surface area is 179 Å². The molecule has 7 nitrogen and oxygen atoms in total. The number of rotatable bonds is 5. The predicted molar refractivity (Wildman–Crippen MR) is 110 cm³/mol. The zero-order chi connectivity index (χ0) is 21.8. The van der Waals surface area contributed by atoms with Crippen LogP contribution in [0.4, 0.5) is 24.9 Å². The summed E-state index contributed by atoms with van der Waals surface area (Å²) in [5.74, 6) is 1.49. The monoisotopic (exact) mass is 437 g/mol. The minimum absolute atomic E-state index is 0.198. The highest BCUT2D eigenvalue weighted by molar-refractivity contribution is 5.46. The van der Waals surface area contributed by atoms with Crippen LogP contribution in [0, 0.1) is 6.92 Å². The summed E-state index contributed by atoms with van der Waals surface area (Å²) in [6, 6.07) is 8.08. The average Bonchev–Trinajstić information content (AvgIpc) is 2.75. The topological polar surface area (TPSA) is 54.0 Å². The molecule has 1 aromatic carbocycles. The molecule has 168 valence electrons. The van der Waals surface area contributed by atoms with E-state index in [4.69, 9.17) is 9.72 Å². The molecular formula is C21H26F3N5O2. The molecule has 0 amide bonds. The maximum Gasteiger partial charge on any atom is 0.573 e. The van der Waals surface area contributed by atoms with Crippen LogP contribution in [0.1, 0.15) is 11.3 Å². The second-order valence-corrected chi connectivity index (χ2v) is 7.72. The molecule has 1 aromatic heterocycles. The number of nitrogens with zero attached hydrogens (tertiary/aromatic N) is 5. The molecule has 0 N–H and O–H groups in total. The van der Waals surface area contributed by atoms with Gasteiger partial charge in [0.1, 0.15) is 11.6 Å². The molecule has 2 aliphatic heterocycles. The SMILES string of the molecule is Cc1cc(N2CCN(Cc3ccc(OC(F)(F)F)cc3)CC2)nc(N2CCOCC2)n1. The molecule has 0 aliphatic carbocycles. The molecule has 10 heteroatoms. The summed E-state index contributed by atoms with van der Waals surface area (Å²) in [5, 5.41) is 0. The lowest BCUT2D eigenvalue weighted by atomic mass is 10.2. The van der Waals surface area contributed by atoms with E-state index in [1.807, 2.05) is 13.0 Å². The fourth-order valence-corrected chi connectivity index (χ4v) is 3.79. The van der Waals surface area contributed by atoms with Crippen LogP contribution in [0.2, 0.25) is 0 Å². The van der Waals surface area contributed by atoms with Crippen LogP contribution in [-0.2, 0) is 11.3 Å². The number of morpholine rings is 1. The molecule has 31 heavy (non-hydrogen) atoms. The third-order valence-electron chi connectivity index (χ3n) is 5.38. The Morgan fingerprint density at radius 3 is 2.26 bits per heavy atom. The molecule has 0 atom stereocenters. The Balaban J connectivity index is 1.33. The molecule has 0 unspecified atom stereocenters. The van der Waals surface area contributed by atoms with Crippen LogP contribution in [0.3, 0.4) is 0 Å². The number of piperazine rings is 1. The molecule has 2 saturated heterocycles. The van der Waals surface area contributed by atoms with Crippen molar-refractivity contribution < 1.29 is 22.6 Å². The first-order valence-electron chi connectivity index (χ1n) is 10.4. The van der Waals surface area contributed by atoms with Gasteiger partial charge in [-0.05, 0) is 24.6 Å². The summed E-state index contributed by atoms with van der Waals surface area (Å²) >= 11 is 0. The highest BCUT2D eigenvalue weighted by atomic mass is 19.4. The number of ether oxygens (including phenoxy) is 2. The lowest BCUT2D eigenvalue weighted by molar-refractivity contribution is -0.274. The van der Waals surface area contributed by atoms with Crippen molar-refractivity contribution in [3.05, 3.63) is 41.6 Å². The Morgan fingerprint density at radius 1 is 0.935 bits per heavy atom. The average molecular weight is 437 g/mol. The maximum absolute atomic E-state index is 12.3. The summed E-state index contributed by atoms with van der Waals surface area (Å²) in [6.45, 7) is 8.98. The minimum atomic E-state index is -4.67. The van der Waals surface area contributed by atoms with Crippen LogP contribution in [0.5, 0.6) is 5.75 Å². The quantitative estimate of drug-likeness (QED) is 0.713. The highest BCUT2D eigenvalue weighted by Gasteiger charge is 2.31. The third kappa shape index (κ3) is 5.98. The molecular weight excluding hydrogens is 411 g/mol. The second-order valence-electron chi connectivity index (χ2n) is 7.72. The Hall–Kier alpha value is -2.59. The van der Waals surface area contributed by atoms with Crippen molar-refractivity contribution in [3.63, 3.8) is 0 Å². The van der Waals surface area contributed by atoms with Crippen LogP contribution < -0.4 is 14.5 Å². The van der Waals surface area contributed by atoms with Gasteiger partial charge in [0.25, 0.3) is 0 Å². The number of halogens is 3. The van der Waals surface area contributed by atoms with Crippen molar-refractivity contribution in [2.75, 3.05) is 62.3 Å². The van der Waals surface area contributed by atoms with Gasteiger partial charge >= 0.3 is 6.36 Å². The van der Waals surface area contributed by atoms with Gasteiger partial charge in [-0.3, -0.25) is 4.90 Å². The van der Waals surface area contributed by atoms with Crippen molar-refractivity contribution in [1.82, 2.24) is 14.9 Å². The van der Waals surface area contributed by atoms with E-state index in [0.717, 1.165) is 62.3 Å². The number of hydrogen-bond acceptors (Lipinski definition) is 7. The largest absolute Gasteiger partial charge is 0.573 e. The number of hydrogen-bond donors (Lipinski definition) is 0. The van der Waals surface area contributed by atoms with Gasteiger partial charge in [-0.1, -0.05) is 12.1 Å². The van der Waals surface area contributed by atoms with Crippen molar-refractivity contribution >= 4 is 11.8 Å². The Kier molecular flexibility index (Phi) is 6.47. The standard InChI is InChI=1S/C21H26F3N5O2/c1-16-14-19(26-20(25-16)29-10-12-30-13-11-29)28-8-6-27(7-9-28)15-17-2-4-18(5-3-17)31-21(22,23)24/h2-5,14H,6-13,15H2,1H3. The van der Waals surface area contributed by atoms with Gasteiger partial charge in [-0.25, -0.2) is 4.98 Å². The van der Waals surface area contributed by atoms with Crippen molar-refractivity contribution in [2.24, 2.45) is 0 Å². The van der Waals surface area contributed by atoms with E-state index < -0.39 is 6.36 Å². The molecule has 2 aliphatic rings. The van der Waals surface area contributed by atoms with Crippen LogP contribution in [0.25, 0.3) is 0 Å². The zero-order valence-electron chi connectivity index (χ0n) is 17.4. The Bertz CT molecular complexity index is 864. The van der Waals surface area contributed by atoms with E-state index in [-0.39, 0.29) is 5.75 Å².